The summed E-state index contributed by atoms with van der Waals surface area (Å²) < 4.78 is 0. The lowest BCUT2D eigenvalue weighted by atomic mass is 10.0. The molecule has 2 aromatic carbocycles. The number of carbonyl (C=O) groups is 1. The predicted octanol–water partition coefficient (Wildman–Crippen LogP) is 2.39. The molecule has 0 spiro atoms. The Kier molecular flexibility index (Phi) is 5.54. The highest BCUT2D eigenvalue weighted by Gasteiger charge is 2.32. The molecule has 3 N–H and O–H groups in total. The van der Waals surface area contributed by atoms with Crippen LogP contribution in [0.25, 0.3) is 0 Å². The van der Waals surface area contributed by atoms with Crippen LogP contribution in [0.3, 0.4) is 0 Å². The number of halogens is 1. The van der Waals surface area contributed by atoms with E-state index in [0.717, 1.165) is 29.8 Å². The van der Waals surface area contributed by atoms with Crippen molar-refractivity contribution in [2.24, 2.45) is 10.7 Å². The molecule has 1 amide bonds. The van der Waals surface area contributed by atoms with Gasteiger partial charge in [-0.2, -0.15) is 0 Å². The molecule has 1 fully saturated rings. The molecule has 1 saturated heterocycles. The lowest BCUT2D eigenvalue weighted by molar-refractivity contribution is -0.119. The van der Waals surface area contributed by atoms with Gasteiger partial charge in [0.25, 0.3) is 5.91 Å². The fraction of sp³-hybridized carbons (Fsp3) is 0.286. The minimum atomic E-state index is -0.842. The summed E-state index contributed by atoms with van der Waals surface area (Å²) in [4.78, 5) is 21.6. The third-order valence-corrected chi connectivity index (χ3v) is 5.83. The Labute approximate surface area is 180 Å². The van der Waals surface area contributed by atoms with Crippen molar-refractivity contribution in [2.45, 2.75) is 18.6 Å². The summed E-state index contributed by atoms with van der Waals surface area (Å²) in [6, 6.07) is 15.3. The van der Waals surface area contributed by atoms with Gasteiger partial charge in [0, 0.05) is 42.3 Å². The number of nitrogens with one attached hydrogen (secondary N) is 1. The summed E-state index contributed by atoms with van der Waals surface area (Å²) >= 11 is 11.8. The van der Waals surface area contributed by atoms with Crippen molar-refractivity contribution in [3.63, 3.8) is 0 Å². The molecule has 0 bridgehead atoms. The van der Waals surface area contributed by atoms with Crippen molar-refractivity contribution < 1.29 is 4.79 Å². The molecule has 2 unspecified atom stereocenters. The van der Waals surface area contributed by atoms with Crippen LogP contribution >= 0.6 is 23.8 Å². The number of hydrogen-bond acceptors (Lipinski definition) is 4. The second kappa shape index (κ2) is 8.10. The molecular formula is C21H22ClN5OS. The van der Waals surface area contributed by atoms with Crippen molar-refractivity contribution >= 4 is 46.2 Å². The highest BCUT2D eigenvalue weighted by Crippen LogP contribution is 2.30. The molecule has 29 heavy (non-hydrogen) atoms. The molecule has 6 nitrogen and oxygen atoms in total. The van der Waals surface area contributed by atoms with Gasteiger partial charge < -0.3 is 20.9 Å². The monoisotopic (exact) mass is 427 g/mol. The Morgan fingerprint density at radius 3 is 2.72 bits per heavy atom. The number of anilines is 1. The van der Waals surface area contributed by atoms with Crippen molar-refractivity contribution in [1.29, 1.82) is 0 Å². The molecule has 0 aromatic heterocycles. The maximum Gasteiger partial charge on any atom is 0.272 e. The predicted molar refractivity (Wildman–Crippen MR) is 121 cm³/mol. The van der Waals surface area contributed by atoms with Crippen molar-refractivity contribution in [3.05, 3.63) is 64.7 Å². The topological polar surface area (TPSA) is 74.0 Å². The van der Waals surface area contributed by atoms with Gasteiger partial charge in [0.1, 0.15) is 0 Å². The fourth-order valence-electron chi connectivity index (χ4n) is 3.65. The number of carbonyl (C=O) groups excluding carboxylic acids is 1. The van der Waals surface area contributed by atoms with Crippen LogP contribution in [0.5, 0.6) is 0 Å². The van der Waals surface area contributed by atoms with E-state index in [1.165, 1.54) is 0 Å². The highest BCUT2D eigenvalue weighted by molar-refractivity contribution is 7.80. The first-order valence-electron chi connectivity index (χ1n) is 9.46. The van der Waals surface area contributed by atoms with Crippen molar-refractivity contribution in [1.82, 2.24) is 10.2 Å². The Hall–Kier alpha value is -2.48. The maximum atomic E-state index is 13.2. The zero-order chi connectivity index (χ0) is 20.5. The number of benzene rings is 2. The molecule has 2 heterocycles. The van der Waals surface area contributed by atoms with E-state index in [-0.39, 0.29) is 11.9 Å². The molecule has 2 aromatic rings. The van der Waals surface area contributed by atoms with E-state index in [4.69, 9.17) is 34.5 Å². The molecule has 2 aliphatic rings. The summed E-state index contributed by atoms with van der Waals surface area (Å²) in [6.07, 6.45) is 0.0358. The zero-order valence-corrected chi connectivity index (χ0v) is 17.6. The minimum absolute atomic E-state index is 0.0945. The van der Waals surface area contributed by atoms with Gasteiger partial charge in [0.05, 0.1) is 11.4 Å². The summed E-state index contributed by atoms with van der Waals surface area (Å²) in [5.74, 6) is -0.189. The quantitative estimate of drug-likeness (QED) is 0.720. The van der Waals surface area contributed by atoms with Crippen LogP contribution in [0.4, 0.5) is 5.69 Å². The smallest absolute Gasteiger partial charge is 0.272 e. The van der Waals surface area contributed by atoms with E-state index in [9.17, 15) is 4.79 Å². The third-order valence-electron chi connectivity index (χ3n) is 5.22. The molecule has 4 rings (SSSR count). The lowest BCUT2D eigenvalue weighted by Crippen LogP contribution is -2.50. The summed E-state index contributed by atoms with van der Waals surface area (Å²) in [7, 11) is 1.74. The van der Waals surface area contributed by atoms with E-state index in [2.05, 4.69) is 5.32 Å². The average molecular weight is 428 g/mol. The highest BCUT2D eigenvalue weighted by atomic mass is 35.5. The largest absolute Gasteiger partial charge is 0.348 e. The molecular weight excluding hydrogens is 406 g/mol. The first kappa shape index (κ1) is 19.8. The first-order chi connectivity index (χ1) is 13.9. The van der Waals surface area contributed by atoms with Gasteiger partial charge in [0.15, 0.2) is 5.11 Å². The van der Waals surface area contributed by atoms with Crippen LogP contribution in [0.1, 0.15) is 17.5 Å². The standard InChI is InChI=1S/C21H22ClN5OS/c1-26-17-8-7-14(22)11-16(17)18(13-5-3-2-4-6-13)24-19(20(26)28)25-21(29)27-10-9-15(23)12-27/h2-8,11,15,19H,9-10,12,23H2,1H3,(H,25,29). The molecule has 0 saturated carbocycles. The number of thiocarbonyl (C=S) groups is 1. The van der Waals surface area contributed by atoms with E-state index in [1.54, 1.807) is 18.0 Å². The Balaban J connectivity index is 1.75. The molecule has 2 aliphatic heterocycles. The minimum Gasteiger partial charge on any atom is -0.348 e. The number of rotatable bonds is 2. The SMILES string of the molecule is CN1C(=O)C(NC(=S)N2CCC(N)C2)N=C(c2ccccc2)c2cc(Cl)ccc21. The van der Waals surface area contributed by atoms with E-state index in [1.807, 2.05) is 47.4 Å². The Morgan fingerprint density at radius 2 is 2.03 bits per heavy atom. The fourth-order valence-corrected chi connectivity index (χ4v) is 4.10. The Bertz CT molecular complexity index is 980. The number of nitrogens with zero attached hydrogens (tertiary/aromatic N) is 3. The number of likely N-dealkylation sites (tertiary alicyclic amines) is 1. The van der Waals surface area contributed by atoms with Gasteiger partial charge in [-0.1, -0.05) is 41.9 Å². The number of amides is 1. The number of likely N-dealkylation sites (N-methyl/N-ethyl adjacent to an activating group) is 1. The molecule has 2 atom stereocenters. The van der Waals surface area contributed by atoms with Crippen LogP contribution in [0, 0.1) is 0 Å². The lowest BCUT2D eigenvalue weighted by Gasteiger charge is -2.25. The number of nitrogens with two attached hydrogens (primary N) is 1. The van der Waals surface area contributed by atoms with Crippen LogP contribution in [0.15, 0.2) is 53.5 Å². The normalized spacial score (nSPS) is 21.5. The third kappa shape index (κ3) is 3.99. The zero-order valence-electron chi connectivity index (χ0n) is 16.0. The average Bonchev–Trinajstić information content (AvgIpc) is 3.13. The summed E-state index contributed by atoms with van der Waals surface area (Å²) in [6.45, 7) is 1.45. The van der Waals surface area contributed by atoms with E-state index in [0.29, 0.717) is 22.4 Å². The number of hydrogen-bond donors (Lipinski definition) is 2. The molecule has 8 heteroatoms. The number of benzodiazepines with no additional fused rings is 1. The summed E-state index contributed by atoms with van der Waals surface area (Å²) in [5.41, 5.74) is 9.15. The van der Waals surface area contributed by atoms with Gasteiger partial charge in [0.2, 0.25) is 6.17 Å². The molecule has 0 radical (unpaired) electrons. The number of fused-ring (bicyclic) bond motifs is 1. The van der Waals surface area contributed by atoms with Crippen LogP contribution < -0.4 is 16.0 Å². The van der Waals surface area contributed by atoms with Gasteiger partial charge >= 0.3 is 0 Å². The van der Waals surface area contributed by atoms with E-state index >= 15 is 0 Å². The molecule has 0 aliphatic carbocycles. The Morgan fingerprint density at radius 1 is 1.28 bits per heavy atom. The van der Waals surface area contributed by atoms with Gasteiger partial charge in [-0.25, -0.2) is 4.99 Å². The second-order valence-electron chi connectivity index (χ2n) is 7.25. The number of aliphatic imine (C=N–C) groups is 1. The van der Waals surface area contributed by atoms with Gasteiger partial charge in [-0.3, -0.25) is 4.79 Å². The second-order valence-corrected chi connectivity index (χ2v) is 8.07. The van der Waals surface area contributed by atoms with Crippen molar-refractivity contribution in [2.75, 3.05) is 25.0 Å². The maximum absolute atomic E-state index is 13.2. The van der Waals surface area contributed by atoms with Crippen LogP contribution in [-0.4, -0.2) is 54.0 Å². The van der Waals surface area contributed by atoms with Crippen LogP contribution in [0.2, 0.25) is 5.02 Å². The van der Waals surface area contributed by atoms with E-state index < -0.39 is 6.17 Å². The van der Waals surface area contributed by atoms with Crippen molar-refractivity contribution in [3.8, 4) is 0 Å². The van der Waals surface area contributed by atoms with Gasteiger partial charge in [-0.15, -0.1) is 0 Å². The summed E-state index contributed by atoms with van der Waals surface area (Å²) in [5, 5.41) is 4.22. The first-order valence-corrected chi connectivity index (χ1v) is 10.2. The molecule has 150 valence electrons. The van der Waals surface area contributed by atoms with Crippen LogP contribution in [-0.2, 0) is 4.79 Å². The van der Waals surface area contributed by atoms with Gasteiger partial charge in [-0.05, 0) is 36.8 Å².